The van der Waals surface area contributed by atoms with Gasteiger partial charge in [0.15, 0.2) is 0 Å². The second kappa shape index (κ2) is 4.35. The number of hydrogen-bond acceptors (Lipinski definition) is 1. The van der Waals surface area contributed by atoms with Gasteiger partial charge in [0.05, 0.1) is 6.42 Å². The van der Waals surface area contributed by atoms with Crippen molar-refractivity contribution >= 4 is 5.78 Å². The highest BCUT2D eigenvalue weighted by molar-refractivity contribution is 5.78. The van der Waals surface area contributed by atoms with Crippen molar-refractivity contribution in [3.05, 3.63) is 35.9 Å². The van der Waals surface area contributed by atoms with Crippen LogP contribution in [0, 0.1) is 11.8 Å². The minimum absolute atomic E-state index is 0.110. The highest BCUT2D eigenvalue weighted by Gasteiger charge is 1.85. The van der Waals surface area contributed by atoms with Gasteiger partial charge in [-0.05, 0) is 19.1 Å². The summed E-state index contributed by atoms with van der Waals surface area (Å²) in [6.45, 7) is 1.54. The minimum atomic E-state index is 0.110. The highest BCUT2D eigenvalue weighted by atomic mass is 16.1. The van der Waals surface area contributed by atoms with E-state index in [0.29, 0.717) is 6.42 Å². The molecule has 12 heavy (non-hydrogen) atoms. The zero-order valence-electron chi connectivity index (χ0n) is 7.00. The van der Waals surface area contributed by atoms with Crippen LogP contribution in [0.2, 0.25) is 0 Å². The average Bonchev–Trinajstić information content (AvgIpc) is 2.05. The van der Waals surface area contributed by atoms with Crippen LogP contribution in [0.5, 0.6) is 0 Å². The predicted octanol–water partition coefficient (Wildman–Crippen LogP) is 2.02. The van der Waals surface area contributed by atoms with Gasteiger partial charge in [-0.2, -0.15) is 0 Å². The summed E-state index contributed by atoms with van der Waals surface area (Å²) in [6.07, 6.45) is 0.342. The van der Waals surface area contributed by atoms with Gasteiger partial charge in [-0.25, -0.2) is 0 Å². The summed E-state index contributed by atoms with van der Waals surface area (Å²) < 4.78 is 0. The zero-order valence-corrected chi connectivity index (χ0v) is 7.00. The van der Waals surface area contributed by atoms with Crippen LogP contribution in [0.15, 0.2) is 30.3 Å². The van der Waals surface area contributed by atoms with E-state index in [-0.39, 0.29) is 5.78 Å². The quantitative estimate of drug-likeness (QED) is 0.571. The third-order valence-corrected chi connectivity index (χ3v) is 1.34. The molecule has 1 aromatic carbocycles. The van der Waals surface area contributed by atoms with Gasteiger partial charge in [-0.1, -0.05) is 30.0 Å². The van der Waals surface area contributed by atoms with Gasteiger partial charge in [0.25, 0.3) is 0 Å². The summed E-state index contributed by atoms with van der Waals surface area (Å²) >= 11 is 0. The number of Topliss-reactive ketones (excluding diaryl/α,β-unsaturated/α-hetero) is 1. The van der Waals surface area contributed by atoms with Crippen molar-refractivity contribution in [2.24, 2.45) is 0 Å². The lowest BCUT2D eigenvalue weighted by Gasteiger charge is -1.85. The Morgan fingerprint density at radius 1 is 1.33 bits per heavy atom. The van der Waals surface area contributed by atoms with Crippen molar-refractivity contribution in [2.75, 3.05) is 0 Å². The molecule has 0 N–H and O–H groups in total. The molecule has 1 aromatic rings. The number of benzene rings is 1. The molecule has 0 heterocycles. The van der Waals surface area contributed by atoms with E-state index in [2.05, 4.69) is 11.8 Å². The van der Waals surface area contributed by atoms with E-state index in [1.807, 2.05) is 30.3 Å². The van der Waals surface area contributed by atoms with Gasteiger partial charge in [0.1, 0.15) is 5.78 Å². The zero-order chi connectivity index (χ0) is 8.81. The molecule has 0 aromatic heterocycles. The molecule has 0 aliphatic heterocycles. The van der Waals surface area contributed by atoms with Crippen LogP contribution in [0.4, 0.5) is 0 Å². The lowest BCUT2D eigenvalue weighted by molar-refractivity contribution is -0.116. The lowest BCUT2D eigenvalue weighted by Crippen LogP contribution is -1.84. The molecule has 0 spiro atoms. The Labute approximate surface area is 72.4 Å². The van der Waals surface area contributed by atoms with Gasteiger partial charge in [0, 0.05) is 5.56 Å². The number of rotatable bonds is 1. The van der Waals surface area contributed by atoms with E-state index in [1.54, 1.807) is 6.92 Å². The maximum atomic E-state index is 10.5. The molecule has 1 nitrogen and oxygen atoms in total. The van der Waals surface area contributed by atoms with Crippen molar-refractivity contribution < 1.29 is 4.79 Å². The molecule has 0 radical (unpaired) electrons. The first-order chi connectivity index (χ1) is 5.79. The van der Waals surface area contributed by atoms with E-state index in [1.165, 1.54) is 0 Å². The number of carbonyl (C=O) groups excluding carboxylic acids is 1. The topological polar surface area (TPSA) is 17.1 Å². The Bertz CT molecular complexity index is 314. The van der Waals surface area contributed by atoms with Crippen LogP contribution in [0.25, 0.3) is 0 Å². The van der Waals surface area contributed by atoms with E-state index in [4.69, 9.17) is 0 Å². The molecule has 0 aliphatic carbocycles. The number of hydrogen-bond donors (Lipinski definition) is 0. The summed E-state index contributed by atoms with van der Waals surface area (Å²) in [5.74, 6) is 5.82. The molecule has 1 rings (SSSR count). The maximum Gasteiger partial charge on any atom is 0.141 e. The van der Waals surface area contributed by atoms with Crippen LogP contribution in [-0.2, 0) is 4.79 Å². The molecule has 0 aliphatic rings. The molecule has 0 bridgehead atoms. The second-order valence-corrected chi connectivity index (χ2v) is 2.55. The summed E-state index contributed by atoms with van der Waals surface area (Å²) in [4.78, 5) is 10.5. The molecular weight excluding hydrogens is 148 g/mol. The van der Waals surface area contributed by atoms with Crippen LogP contribution < -0.4 is 0 Å². The second-order valence-electron chi connectivity index (χ2n) is 2.55. The molecule has 60 valence electrons. The van der Waals surface area contributed by atoms with Crippen molar-refractivity contribution in [3.8, 4) is 11.8 Å². The molecular formula is C11H10O. The normalized spacial score (nSPS) is 8.42. The van der Waals surface area contributed by atoms with Gasteiger partial charge in [-0.3, -0.25) is 4.79 Å². The molecule has 0 amide bonds. The first kappa shape index (κ1) is 8.55. The van der Waals surface area contributed by atoms with Gasteiger partial charge >= 0.3 is 0 Å². The van der Waals surface area contributed by atoms with Gasteiger partial charge in [-0.15, -0.1) is 0 Å². The first-order valence-corrected chi connectivity index (χ1v) is 3.82. The van der Waals surface area contributed by atoms with E-state index < -0.39 is 0 Å². The van der Waals surface area contributed by atoms with E-state index >= 15 is 0 Å². The molecule has 0 saturated heterocycles. The van der Waals surface area contributed by atoms with Crippen molar-refractivity contribution in [3.63, 3.8) is 0 Å². The van der Waals surface area contributed by atoms with Crippen molar-refractivity contribution in [2.45, 2.75) is 13.3 Å². The third kappa shape index (κ3) is 3.03. The average molecular weight is 158 g/mol. The highest BCUT2D eigenvalue weighted by Crippen LogP contribution is 1.94. The van der Waals surface area contributed by atoms with Crippen LogP contribution in [0.1, 0.15) is 18.9 Å². The van der Waals surface area contributed by atoms with Gasteiger partial charge in [0.2, 0.25) is 0 Å². The van der Waals surface area contributed by atoms with Crippen LogP contribution in [0.3, 0.4) is 0 Å². The van der Waals surface area contributed by atoms with Gasteiger partial charge < -0.3 is 0 Å². The molecule has 0 fully saturated rings. The fourth-order valence-corrected chi connectivity index (χ4v) is 0.792. The Balaban J connectivity index is 2.61. The molecule has 0 saturated carbocycles. The monoisotopic (exact) mass is 158 g/mol. The Hall–Kier alpha value is -1.55. The summed E-state index contributed by atoms with van der Waals surface area (Å²) in [5.41, 5.74) is 0.957. The Morgan fingerprint density at radius 3 is 2.58 bits per heavy atom. The Morgan fingerprint density at radius 2 is 2.00 bits per heavy atom. The molecule has 1 heteroatoms. The predicted molar refractivity (Wildman–Crippen MR) is 48.6 cm³/mol. The van der Waals surface area contributed by atoms with Crippen molar-refractivity contribution in [1.82, 2.24) is 0 Å². The standard InChI is InChI=1S/C11H10O/c1-10(12)6-5-9-11-7-3-2-4-8-11/h2-4,7-8H,6H2,1H3. The Kier molecular flexibility index (Phi) is 3.10. The van der Waals surface area contributed by atoms with Crippen molar-refractivity contribution in [1.29, 1.82) is 0 Å². The SMILES string of the molecule is CC(=O)CC#Cc1ccccc1. The smallest absolute Gasteiger partial charge is 0.141 e. The third-order valence-electron chi connectivity index (χ3n) is 1.34. The molecule has 0 atom stereocenters. The summed E-state index contributed by atoms with van der Waals surface area (Å²) in [7, 11) is 0. The van der Waals surface area contributed by atoms with Crippen LogP contribution in [-0.4, -0.2) is 5.78 Å². The lowest BCUT2D eigenvalue weighted by atomic mass is 10.2. The summed E-state index contributed by atoms with van der Waals surface area (Å²) in [6, 6.07) is 9.64. The fourth-order valence-electron chi connectivity index (χ4n) is 0.792. The minimum Gasteiger partial charge on any atom is -0.299 e. The molecule has 0 unspecified atom stereocenters. The largest absolute Gasteiger partial charge is 0.299 e. The summed E-state index contributed by atoms with van der Waals surface area (Å²) in [5, 5.41) is 0. The first-order valence-electron chi connectivity index (χ1n) is 3.82. The van der Waals surface area contributed by atoms with E-state index in [0.717, 1.165) is 5.56 Å². The van der Waals surface area contributed by atoms with Crippen LogP contribution >= 0.6 is 0 Å². The maximum absolute atomic E-state index is 10.5. The fraction of sp³-hybridized carbons (Fsp3) is 0.182. The van der Waals surface area contributed by atoms with E-state index in [9.17, 15) is 4.79 Å². The number of ketones is 1. The number of carbonyl (C=O) groups is 1.